The second-order valence-corrected chi connectivity index (χ2v) is 5.13. The van der Waals surface area contributed by atoms with E-state index in [4.69, 9.17) is 9.84 Å². The van der Waals surface area contributed by atoms with Gasteiger partial charge in [0.15, 0.2) is 0 Å². The van der Waals surface area contributed by atoms with E-state index in [0.717, 1.165) is 6.42 Å². The minimum Gasteiger partial charge on any atom is -0.480 e. The number of morpholine rings is 1. The Hall–Kier alpha value is -1.30. The van der Waals surface area contributed by atoms with Gasteiger partial charge in [0.2, 0.25) is 0 Å². The first-order valence-electron chi connectivity index (χ1n) is 6.43. The molecule has 102 valence electrons. The number of urea groups is 1. The maximum Gasteiger partial charge on any atom is 0.326 e. The number of carbonyl (C=O) groups excluding carboxylic acids is 1. The molecule has 3 atom stereocenters. The van der Waals surface area contributed by atoms with Crippen molar-refractivity contribution in [2.45, 2.75) is 44.9 Å². The monoisotopic (exact) mass is 256 g/mol. The summed E-state index contributed by atoms with van der Waals surface area (Å²) in [6, 6.07) is -0.826. The quantitative estimate of drug-likeness (QED) is 0.752. The van der Waals surface area contributed by atoms with E-state index in [1.165, 1.54) is 4.90 Å². The lowest BCUT2D eigenvalue weighted by Crippen LogP contribution is -2.54. The summed E-state index contributed by atoms with van der Waals surface area (Å²) in [6.45, 7) is 5.46. The van der Waals surface area contributed by atoms with Crippen molar-refractivity contribution in [1.29, 1.82) is 0 Å². The molecule has 2 aliphatic rings. The molecule has 1 N–H and O–H groups in total. The van der Waals surface area contributed by atoms with E-state index in [2.05, 4.69) is 0 Å². The van der Waals surface area contributed by atoms with Gasteiger partial charge in [-0.05, 0) is 26.7 Å². The summed E-state index contributed by atoms with van der Waals surface area (Å²) in [6.07, 6.45) is 1.32. The fraction of sp³-hybridized carbons (Fsp3) is 0.833. The van der Waals surface area contributed by atoms with Gasteiger partial charge in [-0.1, -0.05) is 0 Å². The Morgan fingerprint density at radius 3 is 2.39 bits per heavy atom. The number of nitrogens with zero attached hydrogens (tertiary/aromatic N) is 2. The molecular weight excluding hydrogens is 236 g/mol. The van der Waals surface area contributed by atoms with Crippen LogP contribution in [0, 0.1) is 0 Å². The van der Waals surface area contributed by atoms with Gasteiger partial charge in [0.25, 0.3) is 0 Å². The van der Waals surface area contributed by atoms with Gasteiger partial charge in [0.1, 0.15) is 6.04 Å². The topological polar surface area (TPSA) is 70.1 Å². The average Bonchev–Trinajstić information content (AvgIpc) is 2.75. The number of hydrogen-bond acceptors (Lipinski definition) is 3. The van der Waals surface area contributed by atoms with Crippen LogP contribution in [0.25, 0.3) is 0 Å². The summed E-state index contributed by atoms with van der Waals surface area (Å²) >= 11 is 0. The summed E-state index contributed by atoms with van der Waals surface area (Å²) < 4.78 is 5.57. The highest BCUT2D eigenvalue weighted by Gasteiger charge is 2.38. The van der Waals surface area contributed by atoms with Crippen LogP contribution in [0.15, 0.2) is 0 Å². The Kier molecular flexibility index (Phi) is 3.75. The number of rotatable bonds is 1. The minimum atomic E-state index is -0.907. The van der Waals surface area contributed by atoms with Crippen LogP contribution in [-0.2, 0) is 9.53 Å². The molecule has 0 aliphatic carbocycles. The van der Waals surface area contributed by atoms with Gasteiger partial charge in [-0.2, -0.15) is 0 Å². The molecule has 2 saturated heterocycles. The van der Waals surface area contributed by atoms with Crippen LogP contribution in [0.2, 0.25) is 0 Å². The lowest BCUT2D eigenvalue weighted by atomic mass is 10.2. The minimum absolute atomic E-state index is 0.00332. The molecule has 0 spiro atoms. The Bertz CT molecular complexity index is 337. The maximum atomic E-state index is 12.3. The third-order valence-corrected chi connectivity index (χ3v) is 3.47. The number of ether oxygens (including phenoxy) is 1. The molecule has 6 nitrogen and oxygen atoms in total. The smallest absolute Gasteiger partial charge is 0.326 e. The molecule has 0 radical (unpaired) electrons. The first kappa shape index (κ1) is 13.1. The number of carboxylic acids is 1. The summed E-state index contributed by atoms with van der Waals surface area (Å²) in [5.74, 6) is -0.907. The number of aliphatic carboxylic acids is 1. The van der Waals surface area contributed by atoms with E-state index in [-0.39, 0.29) is 18.2 Å². The van der Waals surface area contributed by atoms with E-state index < -0.39 is 12.0 Å². The Morgan fingerprint density at radius 2 is 1.83 bits per heavy atom. The molecular formula is C12H20N2O4. The SMILES string of the molecule is C[C@@H]1CN(C(=O)N2CCC[C@H]2C(=O)O)C[C@H](C)O1. The summed E-state index contributed by atoms with van der Waals surface area (Å²) in [7, 11) is 0. The number of hydrogen-bond donors (Lipinski definition) is 1. The fourth-order valence-corrected chi connectivity index (χ4v) is 2.77. The standard InChI is InChI=1S/C12H20N2O4/c1-8-6-13(7-9(2)18-8)12(17)14-5-3-4-10(14)11(15)16/h8-10H,3-7H2,1-2H3,(H,15,16)/t8-,9+,10-/m0/s1. The third-order valence-electron chi connectivity index (χ3n) is 3.47. The molecule has 0 aromatic heterocycles. The zero-order valence-corrected chi connectivity index (χ0v) is 10.8. The third kappa shape index (κ3) is 2.58. The van der Waals surface area contributed by atoms with Crippen molar-refractivity contribution in [3.63, 3.8) is 0 Å². The maximum absolute atomic E-state index is 12.3. The predicted octanol–water partition coefficient (Wildman–Crippen LogP) is 0.765. The molecule has 0 aromatic rings. The van der Waals surface area contributed by atoms with Gasteiger partial charge in [-0.25, -0.2) is 9.59 Å². The van der Waals surface area contributed by atoms with Gasteiger partial charge < -0.3 is 19.6 Å². The van der Waals surface area contributed by atoms with E-state index >= 15 is 0 Å². The predicted molar refractivity (Wildman–Crippen MR) is 64.3 cm³/mol. The summed E-state index contributed by atoms with van der Waals surface area (Å²) in [5, 5.41) is 9.10. The zero-order chi connectivity index (χ0) is 13.3. The van der Waals surface area contributed by atoms with Crippen LogP contribution in [0.3, 0.4) is 0 Å². The lowest BCUT2D eigenvalue weighted by molar-refractivity contribution is -0.141. The van der Waals surface area contributed by atoms with Gasteiger partial charge in [0, 0.05) is 19.6 Å². The number of carbonyl (C=O) groups is 2. The van der Waals surface area contributed by atoms with Gasteiger partial charge >= 0.3 is 12.0 Å². The van der Waals surface area contributed by atoms with Crippen molar-refractivity contribution in [2.75, 3.05) is 19.6 Å². The number of amides is 2. The van der Waals surface area contributed by atoms with Crippen LogP contribution in [-0.4, -0.2) is 64.8 Å². The lowest BCUT2D eigenvalue weighted by Gasteiger charge is -2.38. The highest BCUT2D eigenvalue weighted by Crippen LogP contribution is 2.21. The van der Waals surface area contributed by atoms with Crippen molar-refractivity contribution in [1.82, 2.24) is 9.80 Å². The molecule has 0 saturated carbocycles. The molecule has 6 heteroatoms. The Labute approximate surface area is 106 Å². The molecule has 2 aliphatic heterocycles. The van der Waals surface area contributed by atoms with Crippen LogP contribution < -0.4 is 0 Å². The average molecular weight is 256 g/mol. The van der Waals surface area contributed by atoms with E-state index in [0.29, 0.717) is 26.1 Å². The normalized spacial score (nSPS) is 32.7. The molecule has 18 heavy (non-hydrogen) atoms. The summed E-state index contributed by atoms with van der Waals surface area (Å²) in [4.78, 5) is 26.6. The van der Waals surface area contributed by atoms with Crippen molar-refractivity contribution < 1.29 is 19.4 Å². The van der Waals surface area contributed by atoms with Crippen LogP contribution in [0.1, 0.15) is 26.7 Å². The number of likely N-dealkylation sites (tertiary alicyclic amines) is 1. The first-order chi connectivity index (χ1) is 8.49. The van der Waals surface area contributed by atoms with Gasteiger partial charge in [-0.3, -0.25) is 0 Å². The van der Waals surface area contributed by atoms with E-state index in [1.54, 1.807) is 4.90 Å². The van der Waals surface area contributed by atoms with Gasteiger partial charge in [0.05, 0.1) is 12.2 Å². The van der Waals surface area contributed by atoms with Crippen molar-refractivity contribution >= 4 is 12.0 Å². The first-order valence-corrected chi connectivity index (χ1v) is 6.43. The van der Waals surface area contributed by atoms with Crippen LogP contribution >= 0.6 is 0 Å². The Balaban J connectivity index is 2.04. The molecule has 0 bridgehead atoms. The summed E-state index contributed by atoms with van der Waals surface area (Å²) in [5.41, 5.74) is 0. The van der Waals surface area contributed by atoms with Crippen molar-refractivity contribution in [3.8, 4) is 0 Å². The Morgan fingerprint density at radius 1 is 1.22 bits per heavy atom. The molecule has 2 rings (SSSR count). The zero-order valence-electron chi connectivity index (χ0n) is 10.8. The number of carboxylic acid groups (broad SMARTS) is 1. The molecule has 0 aromatic carbocycles. The fourth-order valence-electron chi connectivity index (χ4n) is 2.77. The molecule has 2 heterocycles. The van der Waals surface area contributed by atoms with Crippen LogP contribution in [0.5, 0.6) is 0 Å². The van der Waals surface area contributed by atoms with E-state index in [1.807, 2.05) is 13.8 Å². The van der Waals surface area contributed by atoms with Crippen molar-refractivity contribution in [3.05, 3.63) is 0 Å². The van der Waals surface area contributed by atoms with Crippen molar-refractivity contribution in [2.24, 2.45) is 0 Å². The second kappa shape index (κ2) is 5.14. The largest absolute Gasteiger partial charge is 0.480 e. The highest BCUT2D eigenvalue weighted by atomic mass is 16.5. The molecule has 2 amide bonds. The van der Waals surface area contributed by atoms with Gasteiger partial charge in [-0.15, -0.1) is 0 Å². The van der Waals surface area contributed by atoms with Crippen LogP contribution in [0.4, 0.5) is 4.79 Å². The molecule has 0 unspecified atom stereocenters. The van der Waals surface area contributed by atoms with E-state index in [9.17, 15) is 9.59 Å². The highest BCUT2D eigenvalue weighted by molar-refractivity contribution is 5.83. The second-order valence-electron chi connectivity index (χ2n) is 5.13. The molecule has 2 fully saturated rings.